The first-order valence-electron chi connectivity index (χ1n) is 9.73. The maximum atomic E-state index is 12.6. The van der Waals surface area contributed by atoms with Crippen LogP contribution in [0.25, 0.3) is 10.8 Å². The van der Waals surface area contributed by atoms with Gasteiger partial charge in [-0.3, -0.25) is 4.79 Å². The van der Waals surface area contributed by atoms with Crippen molar-refractivity contribution in [2.45, 2.75) is 50.5 Å². The molecule has 1 amide bonds. The van der Waals surface area contributed by atoms with Gasteiger partial charge < -0.3 is 10.6 Å². The first kappa shape index (κ1) is 19.2. The van der Waals surface area contributed by atoms with Crippen LogP contribution in [0.15, 0.2) is 42.5 Å². The van der Waals surface area contributed by atoms with Gasteiger partial charge in [-0.25, -0.2) is 0 Å². The highest BCUT2D eigenvalue weighted by molar-refractivity contribution is 5.86. The van der Waals surface area contributed by atoms with E-state index in [1.807, 2.05) is 0 Å². The van der Waals surface area contributed by atoms with Crippen molar-refractivity contribution >= 4 is 29.1 Å². The number of carbonyl (C=O) groups excluding carboxylic acids is 1. The van der Waals surface area contributed by atoms with E-state index in [1.165, 1.54) is 22.8 Å². The molecule has 0 radical (unpaired) electrons. The summed E-state index contributed by atoms with van der Waals surface area (Å²) in [6, 6.07) is 15.5. The van der Waals surface area contributed by atoms with Crippen LogP contribution >= 0.6 is 12.4 Å². The summed E-state index contributed by atoms with van der Waals surface area (Å²) in [6.07, 6.45) is 6.18. The molecule has 140 valence electrons. The monoisotopic (exact) mass is 372 g/mol. The Labute approximate surface area is 162 Å². The predicted molar refractivity (Wildman–Crippen MR) is 110 cm³/mol. The Morgan fingerprint density at radius 2 is 1.73 bits per heavy atom. The summed E-state index contributed by atoms with van der Waals surface area (Å²) in [4.78, 5) is 14.7. The highest BCUT2D eigenvalue weighted by Gasteiger charge is 2.30. The van der Waals surface area contributed by atoms with Crippen molar-refractivity contribution in [3.8, 4) is 0 Å². The van der Waals surface area contributed by atoms with Gasteiger partial charge in [0.2, 0.25) is 5.91 Å². The lowest BCUT2D eigenvalue weighted by atomic mass is 9.86. The van der Waals surface area contributed by atoms with Crippen molar-refractivity contribution in [1.29, 1.82) is 0 Å². The number of rotatable bonds is 3. The van der Waals surface area contributed by atoms with E-state index in [4.69, 9.17) is 5.73 Å². The molecule has 0 unspecified atom stereocenters. The molecule has 2 aromatic rings. The third-order valence-corrected chi connectivity index (χ3v) is 6.27. The Morgan fingerprint density at radius 3 is 2.46 bits per heavy atom. The molecule has 1 heterocycles. The molecular formula is C22H29ClN2O. The summed E-state index contributed by atoms with van der Waals surface area (Å²) in [7, 11) is 0. The Balaban J connectivity index is 0.00000196. The predicted octanol–water partition coefficient (Wildman–Crippen LogP) is 4.49. The van der Waals surface area contributed by atoms with Crippen molar-refractivity contribution in [2.75, 3.05) is 13.1 Å². The molecule has 4 rings (SSSR count). The van der Waals surface area contributed by atoms with Crippen LogP contribution in [-0.4, -0.2) is 29.9 Å². The zero-order valence-corrected chi connectivity index (χ0v) is 16.1. The van der Waals surface area contributed by atoms with Crippen LogP contribution in [0.1, 0.15) is 50.0 Å². The standard InChI is InChI=1S/C22H28N2O.ClH/c23-21-10-4-7-18(21)15-22(25)24-13-11-17(12-14-24)20-9-3-6-16-5-1-2-8-19(16)20;/h1-3,5-6,8-9,17-18,21H,4,7,10-15,23H2;1H/t18-,21+;/m0./s1. The smallest absolute Gasteiger partial charge is 0.222 e. The molecule has 26 heavy (non-hydrogen) atoms. The molecule has 2 atom stereocenters. The highest BCUT2D eigenvalue weighted by atomic mass is 35.5. The van der Waals surface area contributed by atoms with Gasteiger partial charge in [0.25, 0.3) is 0 Å². The summed E-state index contributed by atoms with van der Waals surface area (Å²) in [6.45, 7) is 1.77. The second-order valence-corrected chi connectivity index (χ2v) is 7.78. The normalized spacial score (nSPS) is 23.8. The van der Waals surface area contributed by atoms with Crippen molar-refractivity contribution in [3.05, 3.63) is 48.0 Å². The minimum atomic E-state index is 0. The van der Waals surface area contributed by atoms with E-state index in [-0.39, 0.29) is 18.4 Å². The molecule has 2 N–H and O–H groups in total. The van der Waals surface area contributed by atoms with Gasteiger partial charge in [0.05, 0.1) is 0 Å². The van der Waals surface area contributed by atoms with E-state index < -0.39 is 0 Å². The van der Waals surface area contributed by atoms with E-state index in [0.29, 0.717) is 24.2 Å². The van der Waals surface area contributed by atoms with E-state index in [0.717, 1.165) is 38.8 Å². The van der Waals surface area contributed by atoms with Crippen molar-refractivity contribution in [3.63, 3.8) is 0 Å². The van der Waals surface area contributed by atoms with E-state index in [2.05, 4.69) is 47.4 Å². The second-order valence-electron chi connectivity index (χ2n) is 7.78. The van der Waals surface area contributed by atoms with Gasteiger partial charge in [-0.05, 0) is 53.9 Å². The summed E-state index contributed by atoms with van der Waals surface area (Å²) < 4.78 is 0. The lowest BCUT2D eigenvalue weighted by Gasteiger charge is -2.33. The number of piperidine rings is 1. The minimum absolute atomic E-state index is 0. The quantitative estimate of drug-likeness (QED) is 0.863. The van der Waals surface area contributed by atoms with Crippen LogP contribution < -0.4 is 5.73 Å². The lowest BCUT2D eigenvalue weighted by molar-refractivity contribution is -0.133. The fourth-order valence-electron chi connectivity index (χ4n) is 4.72. The van der Waals surface area contributed by atoms with Gasteiger partial charge in [-0.15, -0.1) is 12.4 Å². The number of hydrogen-bond acceptors (Lipinski definition) is 2. The molecular weight excluding hydrogens is 344 g/mol. The SMILES string of the molecule is Cl.N[C@@H]1CCC[C@H]1CC(=O)N1CCC(c2cccc3ccccc23)CC1. The molecule has 1 aliphatic heterocycles. The molecule has 2 aliphatic rings. The van der Waals surface area contributed by atoms with Gasteiger partial charge in [0.15, 0.2) is 0 Å². The molecule has 2 aromatic carbocycles. The van der Waals surface area contributed by atoms with Crippen LogP contribution in [0.2, 0.25) is 0 Å². The summed E-state index contributed by atoms with van der Waals surface area (Å²) in [5.74, 6) is 1.28. The Bertz CT molecular complexity index is 749. The number of nitrogens with two attached hydrogens (primary N) is 1. The second kappa shape index (κ2) is 8.41. The van der Waals surface area contributed by atoms with Gasteiger partial charge in [-0.1, -0.05) is 48.9 Å². The van der Waals surface area contributed by atoms with E-state index in [9.17, 15) is 4.79 Å². The number of carbonyl (C=O) groups is 1. The van der Waals surface area contributed by atoms with Gasteiger partial charge in [0.1, 0.15) is 0 Å². The number of halogens is 1. The molecule has 0 spiro atoms. The van der Waals surface area contributed by atoms with Gasteiger partial charge in [0, 0.05) is 25.6 Å². The van der Waals surface area contributed by atoms with E-state index >= 15 is 0 Å². The van der Waals surface area contributed by atoms with Crippen LogP contribution in [0.3, 0.4) is 0 Å². The zero-order valence-electron chi connectivity index (χ0n) is 15.3. The molecule has 2 fully saturated rings. The molecule has 0 bridgehead atoms. The first-order chi connectivity index (χ1) is 12.2. The first-order valence-corrected chi connectivity index (χ1v) is 9.73. The number of nitrogens with zero attached hydrogens (tertiary/aromatic N) is 1. The molecule has 0 aromatic heterocycles. The summed E-state index contributed by atoms with van der Waals surface area (Å²) in [5, 5.41) is 2.68. The third kappa shape index (κ3) is 3.89. The Morgan fingerprint density at radius 1 is 1.00 bits per heavy atom. The third-order valence-electron chi connectivity index (χ3n) is 6.27. The average Bonchev–Trinajstić information content (AvgIpc) is 3.06. The Kier molecular flexibility index (Phi) is 6.20. The molecule has 3 nitrogen and oxygen atoms in total. The number of benzene rings is 2. The number of likely N-dealkylation sites (tertiary alicyclic amines) is 1. The Hall–Kier alpha value is -1.58. The minimum Gasteiger partial charge on any atom is -0.343 e. The van der Waals surface area contributed by atoms with Crippen molar-refractivity contribution in [2.24, 2.45) is 11.7 Å². The average molecular weight is 373 g/mol. The van der Waals surface area contributed by atoms with Crippen LogP contribution in [0.5, 0.6) is 0 Å². The largest absolute Gasteiger partial charge is 0.343 e. The molecule has 4 heteroatoms. The van der Waals surface area contributed by atoms with Crippen LogP contribution in [0.4, 0.5) is 0 Å². The fraction of sp³-hybridized carbons (Fsp3) is 0.500. The van der Waals surface area contributed by atoms with Crippen molar-refractivity contribution < 1.29 is 4.79 Å². The number of hydrogen-bond donors (Lipinski definition) is 1. The summed E-state index contributed by atoms with van der Waals surface area (Å²) in [5.41, 5.74) is 7.58. The maximum Gasteiger partial charge on any atom is 0.222 e. The molecule has 1 aliphatic carbocycles. The van der Waals surface area contributed by atoms with Crippen LogP contribution in [0, 0.1) is 5.92 Å². The lowest BCUT2D eigenvalue weighted by Crippen LogP contribution is -2.40. The van der Waals surface area contributed by atoms with E-state index in [1.54, 1.807) is 0 Å². The zero-order chi connectivity index (χ0) is 17.2. The maximum absolute atomic E-state index is 12.6. The van der Waals surface area contributed by atoms with Crippen LogP contribution in [-0.2, 0) is 4.79 Å². The van der Waals surface area contributed by atoms with Crippen molar-refractivity contribution in [1.82, 2.24) is 4.90 Å². The molecule has 1 saturated heterocycles. The highest BCUT2D eigenvalue weighted by Crippen LogP contribution is 2.34. The summed E-state index contributed by atoms with van der Waals surface area (Å²) >= 11 is 0. The number of amides is 1. The molecule has 1 saturated carbocycles. The van der Waals surface area contributed by atoms with Gasteiger partial charge >= 0.3 is 0 Å². The fourth-order valence-corrected chi connectivity index (χ4v) is 4.72. The topological polar surface area (TPSA) is 46.3 Å². The van der Waals surface area contributed by atoms with Gasteiger partial charge in [-0.2, -0.15) is 0 Å². The number of fused-ring (bicyclic) bond motifs is 1.